The number of nitrogens with one attached hydrogen (secondary N) is 1. The van der Waals surface area contributed by atoms with Gasteiger partial charge in [-0.2, -0.15) is 4.31 Å². The van der Waals surface area contributed by atoms with Crippen molar-refractivity contribution in [2.75, 3.05) is 40.0 Å². The fourth-order valence-corrected chi connectivity index (χ4v) is 6.33. The van der Waals surface area contributed by atoms with Gasteiger partial charge in [0.2, 0.25) is 16.3 Å². The molecule has 1 aliphatic heterocycles. The van der Waals surface area contributed by atoms with E-state index in [1.807, 2.05) is 60.7 Å². The summed E-state index contributed by atoms with van der Waals surface area (Å²) < 4.78 is 45.8. The van der Waals surface area contributed by atoms with Gasteiger partial charge < -0.3 is 24.6 Å². The fraction of sp³-hybridized carbons (Fsp3) is 0.323. The number of allylic oxidation sites excluding steroid dienone is 1. The second-order valence-electron chi connectivity index (χ2n) is 9.64. The van der Waals surface area contributed by atoms with Crippen molar-refractivity contribution in [3.63, 3.8) is 0 Å². The number of ether oxygens (including phenoxy) is 3. The SMILES string of the molecule is COc1ccc(S(=O)(=O)N(CCO)CCO[C@@H]2C[C@H](c3ccc(I)cc3)C=C(C(=O)NCCc3ccccc3)O2)cc1. The number of halogens is 1. The minimum Gasteiger partial charge on any atom is -0.497 e. The molecule has 4 rings (SSSR count). The van der Waals surface area contributed by atoms with Crippen molar-refractivity contribution in [1.29, 1.82) is 0 Å². The molecule has 0 radical (unpaired) electrons. The lowest BCUT2D eigenvalue weighted by Gasteiger charge is -2.30. The molecule has 9 nitrogen and oxygen atoms in total. The standard InChI is InChI=1S/C31H35IN2O7S/c1-39-27-11-13-28(14-12-27)42(37,38)34(17-19-35)18-20-40-30-22-25(24-7-9-26(32)10-8-24)21-29(41-30)31(36)33-16-15-23-5-3-2-4-6-23/h2-14,21,25,30,35H,15-20,22H2,1H3,(H,33,36)/t25-,30+/m1/s1. The zero-order chi connectivity index (χ0) is 30.0. The monoisotopic (exact) mass is 706 g/mol. The van der Waals surface area contributed by atoms with Gasteiger partial charge in [-0.25, -0.2) is 8.42 Å². The first-order chi connectivity index (χ1) is 20.3. The third-order valence-corrected chi connectivity index (χ3v) is 9.44. The molecular formula is C31H35IN2O7S. The molecule has 3 aromatic carbocycles. The van der Waals surface area contributed by atoms with Crippen molar-refractivity contribution in [2.45, 2.75) is 29.9 Å². The number of benzene rings is 3. The molecule has 1 aliphatic rings. The smallest absolute Gasteiger partial charge is 0.286 e. The summed E-state index contributed by atoms with van der Waals surface area (Å²) in [6, 6.07) is 24.0. The molecule has 0 aliphatic carbocycles. The maximum Gasteiger partial charge on any atom is 0.286 e. The van der Waals surface area contributed by atoms with Gasteiger partial charge in [0.05, 0.1) is 25.2 Å². The van der Waals surface area contributed by atoms with Crippen molar-refractivity contribution in [1.82, 2.24) is 9.62 Å². The quantitative estimate of drug-likeness (QED) is 0.243. The Labute approximate surface area is 260 Å². The Bertz CT molecular complexity index is 1430. The topological polar surface area (TPSA) is 114 Å². The maximum atomic E-state index is 13.2. The molecular weight excluding hydrogens is 671 g/mol. The highest BCUT2D eigenvalue weighted by molar-refractivity contribution is 14.1. The second-order valence-corrected chi connectivity index (χ2v) is 12.8. The van der Waals surface area contributed by atoms with Gasteiger partial charge >= 0.3 is 0 Å². The second kappa shape index (κ2) is 15.5. The molecule has 0 aromatic heterocycles. The van der Waals surface area contributed by atoms with Gasteiger partial charge in [-0.1, -0.05) is 42.5 Å². The first-order valence-corrected chi connectivity index (χ1v) is 16.1. The van der Waals surface area contributed by atoms with E-state index in [2.05, 4.69) is 27.9 Å². The lowest BCUT2D eigenvalue weighted by Crippen LogP contribution is -2.38. The Hall–Kier alpha value is -2.97. The van der Waals surface area contributed by atoms with E-state index in [-0.39, 0.29) is 48.8 Å². The number of methoxy groups -OCH3 is 1. The van der Waals surface area contributed by atoms with Gasteiger partial charge in [-0.15, -0.1) is 0 Å². The summed E-state index contributed by atoms with van der Waals surface area (Å²) in [6.07, 6.45) is 2.18. The van der Waals surface area contributed by atoms with Gasteiger partial charge in [0.25, 0.3) is 5.91 Å². The summed E-state index contributed by atoms with van der Waals surface area (Å²) in [6.45, 7) is 0.00000323. The lowest BCUT2D eigenvalue weighted by molar-refractivity contribution is -0.146. The zero-order valence-corrected chi connectivity index (χ0v) is 26.3. The molecule has 224 valence electrons. The number of sulfonamides is 1. The maximum absolute atomic E-state index is 13.2. The third kappa shape index (κ3) is 8.77. The summed E-state index contributed by atoms with van der Waals surface area (Å²) in [4.78, 5) is 13.2. The molecule has 42 heavy (non-hydrogen) atoms. The highest BCUT2D eigenvalue weighted by Crippen LogP contribution is 2.32. The highest BCUT2D eigenvalue weighted by atomic mass is 127. The number of hydrogen-bond donors (Lipinski definition) is 2. The predicted octanol–water partition coefficient (Wildman–Crippen LogP) is 4.07. The van der Waals surface area contributed by atoms with Crippen LogP contribution in [0, 0.1) is 3.57 Å². The van der Waals surface area contributed by atoms with Crippen molar-refractivity contribution < 1.29 is 32.5 Å². The Morgan fingerprint density at radius 3 is 2.43 bits per heavy atom. The van der Waals surface area contributed by atoms with Crippen LogP contribution in [0.1, 0.15) is 23.5 Å². The van der Waals surface area contributed by atoms with E-state index in [1.54, 1.807) is 12.1 Å². The van der Waals surface area contributed by atoms with E-state index in [0.29, 0.717) is 25.1 Å². The van der Waals surface area contributed by atoms with Gasteiger partial charge in [-0.3, -0.25) is 4.79 Å². The first kappa shape index (κ1) is 32.0. The normalized spacial score (nSPS) is 16.9. The van der Waals surface area contributed by atoms with E-state index in [1.165, 1.54) is 23.5 Å². The summed E-state index contributed by atoms with van der Waals surface area (Å²) in [5, 5.41) is 12.5. The molecule has 0 unspecified atom stereocenters. The number of aliphatic hydroxyl groups is 1. The van der Waals surface area contributed by atoms with E-state index < -0.39 is 16.3 Å². The zero-order valence-electron chi connectivity index (χ0n) is 23.3. The molecule has 0 spiro atoms. The molecule has 1 heterocycles. The number of carbonyl (C=O) groups is 1. The van der Waals surface area contributed by atoms with E-state index in [4.69, 9.17) is 14.2 Å². The first-order valence-electron chi connectivity index (χ1n) is 13.6. The summed E-state index contributed by atoms with van der Waals surface area (Å²) in [7, 11) is -2.38. The van der Waals surface area contributed by atoms with Crippen molar-refractivity contribution in [3.05, 3.63) is 105 Å². The van der Waals surface area contributed by atoms with Crippen molar-refractivity contribution in [2.24, 2.45) is 0 Å². The minimum atomic E-state index is -3.89. The fourth-order valence-electron chi connectivity index (χ4n) is 4.56. The Morgan fingerprint density at radius 2 is 1.76 bits per heavy atom. The van der Waals surface area contributed by atoms with E-state index >= 15 is 0 Å². The van der Waals surface area contributed by atoms with Gasteiger partial charge in [0.15, 0.2) is 5.76 Å². The molecule has 0 saturated heterocycles. The minimum absolute atomic E-state index is 0.00235. The molecule has 1 amide bonds. The summed E-state index contributed by atoms with van der Waals surface area (Å²) in [5.74, 6) is 0.239. The molecule has 2 N–H and O–H groups in total. The van der Waals surface area contributed by atoms with Crippen LogP contribution in [0.15, 0.2) is 95.6 Å². The molecule has 0 fully saturated rings. The van der Waals surface area contributed by atoms with Crippen molar-refractivity contribution in [3.8, 4) is 5.75 Å². The van der Waals surface area contributed by atoms with Crippen LogP contribution in [-0.2, 0) is 30.7 Å². The number of rotatable bonds is 14. The van der Waals surface area contributed by atoms with Gasteiger partial charge in [-0.05, 0) is 82.6 Å². The number of amides is 1. The average Bonchev–Trinajstić information content (AvgIpc) is 3.01. The van der Waals surface area contributed by atoms with E-state index in [0.717, 1.165) is 14.7 Å². The van der Waals surface area contributed by atoms with Crippen LogP contribution >= 0.6 is 22.6 Å². The summed E-state index contributed by atoms with van der Waals surface area (Å²) in [5.41, 5.74) is 2.14. The van der Waals surface area contributed by atoms with Gasteiger partial charge in [0, 0.05) is 35.5 Å². The van der Waals surface area contributed by atoms with Crippen LogP contribution in [-0.4, -0.2) is 70.0 Å². The average molecular weight is 707 g/mol. The van der Waals surface area contributed by atoms with Crippen LogP contribution < -0.4 is 10.1 Å². The number of nitrogens with zero attached hydrogens (tertiary/aromatic N) is 1. The molecule has 2 atom stereocenters. The lowest BCUT2D eigenvalue weighted by atomic mass is 9.93. The van der Waals surface area contributed by atoms with Gasteiger partial charge in [0.1, 0.15) is 5.75 Å². The highest BCUT2D eigenvalue weighted by Gasteiger charge is 2.30. The Balaban J connectivity index is 1.42. The molecule has 0 bridgehead atoms. The molecule has 11 heteroatoms. The molecule has 0 saturated carbocycles. The third-order valence-electron chi connectivity index (χ3n) is 6.81. The Kier molecular flexibility index (Phi) is 11.8. The number of hydrogen-bond acceptors (Lipinski definition) is 7. The Morgan fingerprint density at radius 1 is 1.05 bits per heavy atom. The largest absolute Gasteiger partial charge is 0.497 e. The van der Waals surface area contributed by atoms with Crippen LogP contribution in [0.4, 0.5) is 0 Å². The van der Waals surface area contributed by atoms with E-state index in [9.17, 15) is 18.3 Å². The van der Waals surface area contributed by atoms with Crippen LogP contribution in [0.2, 0.25) is 0 Å². The number of aliphatic hydroxyl groups excluding tert-OH is 1. The van der Waals surface area contributed by atoms with Crippen LogP contribution in [0.25, 0.3) is 0 Å². The molecule has 3 aromatic rings. The predicted molar refractivity (Wildman–Crippen MR) is 167 cm³/mol. The van der Waals surface area contributed by atoms with Crippen LogP contribution in [0.5, 0.6) is 5.75 Å². The van der Waals surface area contributed by atoms with Crippen LogP contribution in [0.3, 0.4) is 0 Å². The number of carbonyl (C=O) groups excluding carboxylic acids is 1. The van der Waals surface area contributed by atoms with Crippen molar-refractivity contribution >= 4 is 38.5 Å². The summed E-state index contributed by atoms with van der Waals surface area (Å²) >= 11 is 2.24.